The summed E-state index contributed by atoms with van der Waals surface area (Å²) in [6.07, 6.45) is 0.786. The van der Waals surface area contributed by atoms with Gasteiger partial charge in [0, 0.05) is 23.8 Å². The molecule has 0 saturated heterocycles. The van der Waals surface area contributed by atoms with Crippen molar-refractivity contribution in [3.8, 4) is 0 Å². The third-order valence-electron chi connectivity index (χ3n) is 3.75. The normalized spacial score (nSPS) is 16.1. The van der Waals surface area contributed by atoms with E-state index in [4.69, 9.17) is 11.6 Å². The molecule has 2 N–H and O–H groups in total. The van der Waals surface area contributed by atoms with Crippen molar-refractivity contribution in [3.63, 3.8) is 0 Å². The molecule has 1 heterocycles. The SMILES string of the molecule is O=C(NCCc1cccc(Cl)c1)C1CNc2ccccc21. The molecule has 4 heteroatoms. The number of halogens is 1. The first-order chi connectivity index (χ1) is 10.2. The first kappa shape index (κ1) is 14.0. The Morgan fingerprint density at radius 3 is 2.95 bits per heavy atom. The minimum atomic E-state index is -0.0967. The zero-order valence-electron chi connectivity index (χ0n) is 11.6. The monoisotopic (exact) mass is 300 g/mol. The topological polar surface area (TPSA) is 41.1 Å². The average Bonchev–Trinajstić information content (AvgIpc) is 2.91. The Labute approximate surface area is 129 Å². The van der Waals surface area contributed by atoms with Gasteiger partial charge in [-0.3, -0.25) is 4.79 Å². The van der Waals surface area contributed by atoms with E-state index >= 15 is 0 Å². The van der Waals surface area contributed by atoms with E-state index in [-0.39, 0.29) is 11.8 Å². The summed E-state index contributed by atoms with van der Waals surface area (Å²) in [4.78, 5) is 12.3. The lowest BCUT2D eigenvalue weighted by Crippen LogP contribution is -2.31. The van der Waals surface area contributed by atoms with Gasteiger partial charge in [-0.2, -0.15) is 0 Å². The van der Waals surface area contributed by atoms with E-state index in [2.05, 4.69) is 10.6 Å². The van der Waals surface area contributed by atoms with Crippen LogP contribution in [0.4, 0.5) is 5.69 Å². The van der Waals surface area contributed by atoms with Crippen LogP contribution in [0.3, 0.4) is 0 Å². The first-order valence-corrected chi connectivity index (χ1v) is 7.47. The van der Waals surface area contributed by atoms with Crippen LogP contribution in [0.1, 0.15) is 17.0 Å². The zero-order chi connectivity index (χ0) is 14.7. The highest BCUT2D eigenvalue weighted by Crippen LogP contribution is 2.30. The van der Waals surface area contributed by atoms with Gasteiger partial charge in [0.1, 0.15) is 0 Å². The molecule has 1 amide bonds. The molecule has 0 fully saturated rings. The maximum absolute atomic E-state index is 12.3. The second kappa shape index (κ2) is 6.19. The molecule has 0 aromatic heterocycles. The van der Waals surface area contributed by atoms with Gasteiger partial charge < -0.3 is 10.6 Å². The van der Waals surface area contributed by atoms with Crippen LogP contribution in [0, 0.1) is 0 Å². The van der Waals surface area contributed by atoms with Crippen molar-refractivity contribution in [1.29, 1.82) is 0 Å². The molecule has 0 aliphatic carbocycles. The quantitative estimate of drug-likeness (QED) is 0.910. The molecule has 1 aliphatic heterocycles. The summed E-state index contributed by atoms with van der Waals surface area (Å²) in [7, 11) is 0. The Balaban J connectivity index is 1.56. The van der Waals surface area contributed by atoms with Gasteiger partial charge in [-0.1, -0.05) is 41.9 Å². The van der Waals surface area contributed by atoms with Crippen molar-refractivity contribution in [1.82, 2.24) is 5.32 Å². The summed E-state index contributed by atoms with van der Waals surface area (Å²) in [5.74, 6) is -0.0185. The van der Waals surface area contributed by atoms with Gasteiger partial charge in [-0.05, 0) is 35.7 Å². The fourth-order valence-electron chi connectivity index (χ4n) is 2.66. The minimum absolute atomic E-state index is 0.0782. The molecule has 3 nitrogen and oxygen atoms in total. The Bertz CT molecular complexity index is 657. The molecule has 1 aliphatic rings. The molecule has 2 aromatic carbocycles. The second-order valence-corrected chi connectivity index (χ2v) is 5.63. The Kier molecular flexibility index (Phi) is 4.11. The molecule has 0 spiro atoms. The van der Waals surface area contributed by atoms with Crippen LogP contribution in [-0.2, 0) is 11.2 Å². The van der Waals surface area contributed by atoms with Gasteiger partial charge in [0.2, 0.25) is 5.91 Å². The number of amides is 1. The van der Waals surface area contributed by atoms with Gasteiger partial charge >= 0.3 is 0 Å². The van der Waals surface area contributed by atoms with Crippen molar-refractivity contribution < 1.29 is 4.79 Å². The van der Waals surface area contributed by atoms with Crippen molar-refractivity contribution >= 4 is 23.2 Å². The highest BCUT2D eigenvalue weighted by atomic mass is 35.5. The van der Waals surface area contributed by atoms with Crippen molar-refractivity contribution in [3.05, 3.63) is 64.7 Å². The van der Waals surface area contributed by atoms with E-state index in [1.54, 1.807) is 0 Å². The van der Waals surface area contributed by atoms with Gasteiger partial charge in [-0.25, -0.2) is 0 Å². The maximum Gasteiger partial charge on any atom is 0.229 e. The number of carbonyl (C=O) groups excluding carboxylic acids is 1. The molecule has 3 rings (SSSR count). The third-order valence-corrected chi connectivity index (χ3v) is 3.99. The Hall–Kier alpha value is -2.00. The van der Waals surface area contributed by atoms with E-state index in [0.29, 0.717) is 13.1 Å². The van der Waals surface area contributed by atoms with Crippen molar-refractivity contribution in [2.45, 2.75) is 12.3 Å². The molecule has 0 radical (unpaired) electrons. The second-order valence-electron chi connectivity index (χ2n) is 5.19. The molecule has 1 unspecified atom stereocenters. The lowest BCUT2D eigenvalue weighted by atomic mass is 10.0. The molecule has 0 bridgehead atoms. The zero-order valence-corrected chi connectivity index (χ0v) is 12.4. The fraction of sp³-hybridized carbons (Fsp3) is 0.235. The number of rotatable bonds is 4. The summed E-state index contributed by atoms with van der Waals surface area (Å²) in [6, 6.07) is 15.7. The Morgan fingerprint density at radius 1 is 1.24 bits per heavy atom. The standard InChI is InChI=1S/C17H17ClN2O/c18-13-5-3-4-12(10-13)8-9-19-17(21)15-11-20-16-7-2-1-6-14(15)16/h1-7,10,15,20H,8-9,11H2,(H,19,21). The van der Waals surface area contributed by atoms with Gasteiger partial charge in [0.05, 0.1) is 5.92 Å². The predicted molar refractivity (Wildman–Crippen MR) is 85.8 cm³/mol. The smallest absolute Gasteiger partial charge is 0.229 e. The van der Waals surface area contributed by atoms with E-state index in [1.165, 1.54) is 0 Å². The lowest BCUT2D eigenvalue weighted by Gasteiger charge is -2.11. The third kappa shape index (κ3) is 3.19. The van der Waals surface area contributed by atoms with Crippen LogP contribution in [0.5, 0.6) is 0 Å². The molecule has 1 atom stereocenters. The number of hydrogen-bond donors (Lipinski definition) is 2. The number of nitrogens with one attached hydrogen (secondary N) is 2. The number of para-hydroxylation sites is 1. The van der Waals surface area contributed by atoms with E-state index < -0.39 is 0 Å². The van der Waals surface area contributed by atoms with E-state index in [9.17, 15) is 4.79 Å². The van der Waals surface area contributed by atoms with Crippen LogP contribution in [0.2, 0.25) is 5.02 Å². The van der Waals surface area contributed by atoms with Crippen molar-refractivity contribution in [2.24, 2.45) is 0 Å². The summed E-state index contributed by atoms with van der Waals surface area (Å²) in [6.45, 7) is 1.29. The Morgan fingerprint density at radius 2 is 2.10 bits per heavy atom. The van der Waals surface area contributed by atoms with Crippen LogP contribution in [0.15, 0.2) is 48.5 Å². The molecule has 108 valence electrons. The number of fused-ring (bicyclic) bond motifs is 1. The number of anilines is 1. The summed E-state index contributed by atoms with van der Waals surface area (Å²) in [5, 5.41) is 7.01. The van der Waals surface area contributed by atoms with Crippen molar-refractivity contribution in [2.75, 3.05) is 18.4 Å². The highest BCUT2D eigenvalue weighted by molar-refractivity contribution is 6.30. The van der Waals surface area contributed by atoms with Crippen LogP contribution in [-0.4, -0.2) is 19.0 Å². The van der Waals surface area contributed by atoms with Gasteiger partial charge in [0.25, 0.3) is 0 Å². The number of hydrogen-bond acceptors (Lipinski definition) is 2. The largest absolute Gasteiger partial charge is 0.384 e. The van der Waals surface area contributed by atoms with Gasteiger partial charge in [-0.15, -0.1) is 0 Å². The molecular weight excluding hydrogens is 284 g/mol. The molecule has 0 saturated carbocycles. The molecule has 2 aromatic rings. The molecular formula is C17H17ClN2O. The van der Waals surface area contributed by atoms with Crippen LogP contribution < -0.4 is 10.6 Å². The summed E-state index contributed by atoms with van der Waals surface area (Å²) >= 11 is 5.95. The highest BCUT2D eigenvalue weighted by Gasteiger charge is 2.27. The lowest BCUT2D eigenvalue weighted by molar-refractivity contribution is -0.122. The number of benzene rings is 2. The van der Waals surface area contributed by atoms with Crippen LogP contribution >= 0.6 is 11.6 Å². The average molecular weight is 301 g/mol. The predicted octanol–water partition coefficient (Wildman–Crippen LogP) is 3.21. The van der Waals surface area contributed by atoms with E-state index in [0.717, 1.165) is 28.3 Å². The minimum Gasteiger partial charge on any atom is -0.384 e. The first-order valence-electron chi connectivity index (χ1n) is 7.09. The summed E-state index contributed by atoms with van der Waals surface area (Å²) < 4.78 is 0. The van der Waals surface area contributed by atoms with Gasteiger partial charge in [0.15, 0.2) is 0 Å². The number of carbonyl (C=O) groups is 1. The maximum atomic E-state index is 12.3. The molecule has 21 heavy (non-hydrogen) atoms. The summed E-state index contributed by atoms with van der Waals surface area (Å²) in [5.41, 5.74) is 3.28. The van der Waals surface area contributed by atoms with E-state index in [1.807, 2.05) is 48.5 Å². The fourth-order valence-corrected chi connectivity index (χ4v) is 2.88. The van der Waals surface area contributed by atoms with Crippen LogP contribution in [0.25, 0.3) is 0 Å².